The number of ether oxygens (including phenoxy) is 1. The Bertz CT molecular complexity index is 1680. The molecule has 0 atom stereocenters. The highest BCUT2D eigenvalue weighted by atomic mass is 19.1. The fraction of sp³-hybridized carbons (Fsp3) is 0.148. The number of benzene rings is 2. The lowest BCUT2D eigenvalue weighted by atomic mass is 10.1. The molecule has 198 valence electrons. The van der Waals surface area contributed by atoms with Gasteiger partial charge in [0.05, 0.1) is 28.7 Å². The Kier molecular flexibility index (Phi) is 6.91. The number of aromatic nitrogens is 5. The molecule has 5 rings (SSSR count). The molecular weight excluding hydrogens is 503 g/mol. The lowest BCUT2D eigenvalue weighted by Gasteiger charge is -2.11. The number of hydrogen-bond donors (Lipinski definition) is 4. The molecule has 0 saturated carbocycles. The van der Waals surface area contributed by atoms with Gasteiger partial charge in [-0.25, -0.2) is 14.2 Å². The average Bonchev–Trinajstić information content (AvgIpc) is 3.56. The van der Waals surface area contributed by atoms with Crippen molar-refractivity contribution in [3.05, 3.63) is 78.8 Å². The first kappa shape index (κ1) is 25.4. The third kappa shape index (κ3) is 5.54. The van der Waals surface area contributed by atoms with Crippen molar-refractivity contribution in [2.45, 2.75) is 19.9 Å². The molecule has 3 aromatic heterocycles. The van der Waals surface area contributed by atoms with E-state index in [9.17, 15) is 14.0 Å². The van der Waals surface area contributed by atoms with E-state index in [-0.39, 0.29) is 29.1 Å². The Morgan fingerprint density at radius 3 is 2.56 bits per heavy atom. The number of hydrogen-bond acceptors (Lipinski definition) is 6. The van der Waals surface area contributed by atoms with E-state index >= 15 is 0 Å². The van der Waals surface area contributed by atoms with Crippen molar-refractivity contribution < 1.29 is 18.7 Å². The largest absolute Gasteiger partial charge is 0.457 e. The summed E-state index contributed by atoms with van der Waals surface area (Å²) in [6.07, 6.45) is 4.75. The highest BCUT2D eigenvalue weighted by Gasteiger charge is 2.17. The van der Waals surface area contributed by atoms with Crippen LogP contribution in [0.2, 0.25) is 0 Å². The lowest BCUT2D eigenvalue weighted by molar-refractivity contribution is 0.0957. The minimum Gasteiger partial charge on any atom is -0.457 e. The molecule has 3 heterocycles. The molecule has 0 aliphatic rings. The van der Waals surface area contributed by atoms with E-state index in [0.29, 0.717) is 17.1 Å². The number of amides is 3. The fourth-order valence-electron chi connectivity index (χ4n) is 3.84. The van der Waals surface area contributed by atoms with Crippen LogP contribution in [0.4, 0.5) is 20.6 Å². The molecule has 0 unspecified atom stereocenters. The molecule has 0 aliphatic heterocycles. The molecule has 2 aromatic carbocycles. The van der Waals surface area contributed by atoms with E-state index in [2.05, 4.69) is 36.0 Å². The van der Waals surface area contributed by atoms with Gasteiger partial charge in [0.2, 0.25) is 0 Å². The van der Waals surface area contributed by atoms with Crippen molar-refractivity contribution in [2.24, 2.45) is 0 Å². The van der Waals surface area contributed by atoms with Crippen LogP contribution in [0.25, 0.3) is 22.3 Å². The lowest BCUT2D eigenvalue weighted by Crippen LogP contribution is -2.20. The van der Waals surface area contributed by atoms with Crippen molar-refractivity contribution in [1.29, 1.82) is 0 Å². The summed E-state index contributed by atoms with van der Waals surface area (Å²) in [6, 6.07) is 12.1. The van der Waals surface area contributed by atoms with Crippen LogP contribution in [0.1, 0.15) is 30.4 Å². The van der Waals surface area contributed by atoms with E-state index in [0.717, 1.165) is 22.7 Å². The summed E-state index contributed by atoms with van der Waals surface area (Å²) in [6.45, 7) is 3.95. The number of fused-ring (bicyclic) bond motifs is 1. The number of carbonyl (C=O) groups excluding carboxylic acids is 2. The molecule has 3 amide bonds. The van der Waals surface area contributed by atoms with E-state index in [4.69, 9.17) is 4.74 Å². The summed E-state index contributed by atoms with van der Waals surface area (Å²) in [4.78, 5) is 35.9. The van der Waals surface area contributed by atoms with Crippen molar-refractivity contribution in [1.82, 2.24) is 30.0 Å². The number of H-pyrrole nitrogens is 1. The molecule has 0 fully saturated rings. The second-order valence-electron chi connectivity index (χ2n) is 8.88. The first-order chi connectivity index (χ1) is 18.8. The molecule has 0 bridgehead atoms. The molecule has 39 heavy (non-hydrogen) atoms. The maximum atomic E-state index is 14.9. The Labute approximate surface area is 222 Å². The fourth-order valence-corrected chi connectivity index (χ4v) is 3.84. The van der Waals surface area contributed by atoms with Gasteiger partial charge in [0.25, 0.3) is 5.91 Å². The van der Waals surface area contributed by atoms with Gasteiger partial charge in [-0.2, -0.15) is 5.10 Å². The Hall–Kier alpha value is -5.26. The smallest absolute Gasteiger partial charge is 0.323 e. The van der Waals surface area contributed by atoms with Crippen LogP contribution < -0.4 is 20.7 Å². The number of halogens is 1. The standard InChI is InChI=1S/C27H25FN8O3/c1-15(2)36-13-24(25(35-36)16-4-6-21-22(10-16)32-14-31-21)34-27(38)33-20-7-5-17(11-19(20)28)39-18-8-9-30-23(12-18)26(37)29-3/h4-15H,1-3H3,(H,29,37)(H,31,32)(H2,33,34,38). The first-order valence-corrected chi connectivity index (χ1v) is 12.1. The number of rotatable bonds is 7. The topological polar surface area (TPSA) is 139 Å². The first-order valence-electron chi connectivity index (χ1n) is 12.1. The summed E-state index contributed by atoms with van der Waals surface area (Å²) in [5, 5.41) is 12.4. The van der Waals surface area contributed by atoms with Gasteiger partial charge in [0.1, 0.15) is 28.7 Å². The van der Waals surface area contributed by atoms with Crippen LogP contribution in [0.3, 0.4) is 0 Å². The van der Waals surface area contributed by atoms with Crippen LogP contribution in [-0.4, -0.2) is 43.7 Å². The average molecular weight is 529 g/mol. The monoisotopic (exact) mass is 528 g/mol. The number of aromatic amines is 1. The number of imidazole rings is 1. The quantitative estimate of drug-likeness (QED) is 0.225. The van der Waals surface area contributed by atoms with Gasteiger partial charge in [0.15, 0.2) is 0 Å². The van der Waals surface area contributed by atoms with Crippen LogP contribution in [-0.2, 0) is 0 Å². The maximum absolute atomic E-state index is 14.9. The maximum Gasteiger partial charge on any atom is 0.323 e. The van der Waals surface area contributed by atoms with E-state index in [1.807, 2.05) is 32.0 Å². The van der Waals surface area contributed by atoms with Gasteiger partial charge in [-0.3, -0.25) is 14.5 Å². The predicted octanol–water partition coefficient (Wildman–Crippen LogP) is 5.34. The van der Waals surface area contributed by atoms with E-state index in [1.54, 1.807) is 23.3 Å². The summed E-state index contributed by atoms with van der Waals surface area (Å²) in [5.74, 6) is -0.584. The summed E-state index contributed by atoms with van der Waals surface area (Å²) < 4.78 is 22.3. The van der Waals surface area contributed by atoms with Crippen LogP contribution >= 0.6 is 0 Å². The molecule has 0 saturated heterocycles. The molecular formula is C27H25FN8O3. The predicted molar refractivity (Wildman–Crippen MR) is 144 cm³/mol. The molecule has 0 aliphatic carbocycles. The van der Waals surface area contributed by atoms with Crippen molar-refractivity contribution in [2.75, 3.05) is 17.7 Å². The van der Waals surface area contributed by atoms with Crippen molar-refractivity contribution in [3.8, 4) is 22.8 Å². The summed E-state index contributed by atoms with van der Waals surface area (Å²) >= 11 is 0. The van der Waals surface area contributed by atoms with Gasteiger partial charge < -0.3 is 25.7 Å². The SMILES string of the molecule is CNC(=O)c1cc(Oc2ccc(NC(=O)Nc3cn(C(C)C)nc3-c3ccc4nc[nH]c4c3)c(F)c2)ccn1. The molecule has 0 radical (unpaired) electrons. The molecule has 5 aromatic rings. The second kappa shape index (κ2) is 10.6. The second-order valence-corrected chi connectivity index (χ2v) is 8.88. The Morgan fingerprint density at radius 1 is 1.00 bits per heavy atom. The normalized spacial score (nSPS) is 11.0. The highest BCUT2D eigenvalue weighted by Crippen LogP contribution is 2.30. The van der Waals surface area contributed by atoms with Gasteiger partial charge >= 0.3 is 6.03 Å². The molecule has 4 N–H and O–H groups in total. The number of anilines is 2. The number of carbonyl (C=O) groups is 2. The van der Waals surface area contributed by atoms with Gasteiger partial charge in [-0.1, -0.05) is 6.07 Å². The zero-order valence-electron chi connectivity index (χ0n) is 21.3. The van der Waals surface area contributed by atoms with Crippen LogP contribution in [0, 0.1) is 5.82 Å². The number of nitrogens with zero attached hydrogens (tertiary/aromatic N) is 4. The summed E-state index contributed by atoms with van der Waals surface area (Å²) in [7, 11) is 1.49. The van der Waals surface area contributed by atoms with E-state index < -0.39 is 11.8 Å². The van der Waals surface area contributed by atoms with Crippen LogP contribution in [0.15, 0.2) is 67.3 Å². The molecule has 0 spiro atoms. The van der Waals surface area contributed by atoms with Gasteiger partial charge in [-0.05, 0) is 44.2 Å². The Morgan fingerprint density at radius 2 is 1.79 bits per heavy atom. The minimum absolute atomic E-state index is 0.0442. The number of nitrogens with one attached hydrogen (secondary N) is 4. The number of pyridine rings is 1. The zero-order chi connectivity index (χ0) is 27.5. The minimum atomic E-state index is -0.703. The van der Waals surface area contributed by atoms with Crippen molar-refractivity contribution >= 4 is 34.3 Å². The number of urea groups is 1. The third-order valence-electron chi connectivity index (χ3n) is 5.82. The highest BCUT2D eigenvalue weighted by molar-refractivity contribution is 6.02. The molecule has 11 nitrogen and oxygen atoms in total. The molecule has 12 heteroatoms. The zero-order valence-corrected chi connectivity index (χ0v) is 21.3. The van der Waals surface area contributed by atoms with Gasteiger partial charge in [0, 0.05) is 43.2 Å². The Balaban J connectivity index is 1.32. The summed E-state index contributed by atoms with van der Waals surface area (Å²) in [5.41, 5.74) is 3.58. The van der Waals surface area contributed by atoms with Crippen LogP contribution in [0.5, 0.6) is 11.5 Å². The van der Waals surface area contributed by atoms with Gasteiger partial charge in [-0.15, -0.1) is 0 Å². The van der Waals surface area contributed by atoms with Crippen molar-refractivity contribution in [3.63, 3.8) is 0 Å². The van der Waals surface area contributed by atoms with E-state index in [1.165, 1.54) is 31.4 Å². The third-order valence-corrected chi connectivity index (χ3v) is 5.82.